The zero-order chi connectivity index (χ0) is 23.1. The molecule has 2 fully saturated rings. The first kappa shape index (κ1) is 21.9. The van der Waals surface area contributed by atoms with Gasteiger partial charge in [-0.2, -0.15) is 10.2 Å². The predicted molar refractivity (Wildman–Crippen MR) is 121 cm³/mol. The Morgan fingerprint density at radius 1 is 1.12 bits per heavy atom. The fourth-order valence-corrected chi connectivity index (χ4v) is 5.00. The monoisotopic (exact) mass is 457 g/mol. The van der Waals surface area contributed by atoms with Crippen LogP contribution in [0.4, 0.5) is 24.5 Å². The smallest absolute Gasteiger partial charge is 0.266 e. The fourth-order valence-electron chi connectivity index (χ4n) is 5.00. The first-order valence-electron chi connectivity index (χ1n) is 11.2. The van der Waals surface area contributed by atoms with Crippen LogP contribution in [0, 0.1) is 5.82 Å². The minimum absolute atomic E-state index is 0.171. The van der Waals surface area contributed by atoms with E-state index in [2.05, 4.69) is 25.3 Å². The van der Waals surface area contributed by atoms with Gasteiger partial charge in [0.2, 0.25) is 0 Å². The van der Waals surface area contributed by atoms with Crippen molar-refractivity contribution < 1.29 is 18.3 Å². The number of fused-ring (bicyclic) bond motifs is 2. The van der Waals surface area contributed by atoms with E-state index in [1.807, 2.05) is 18.2 Å². The third kappa shape index (κ3) is 4.11. The van der Waals surface area contributed by atoms with Gasteiger partial charge in [-0.15, -0.1) is 0 Å². The van der Waals surface area contributed by atoms with E-state index in [0.29, 0.717) is 17.2 Å². The van der Waals surface area contributed by atoms with Crippen molar-refractivity contribution in [3.63, 3.8) is 0 Å². The van der Waals surface area contributed by atoms with E-state index >= 15 is 0 Å². The summed E-state index contributed by atoms with van der Waals surface area (Å²) >= 11 is 0. The summed E-state index contributed by atoms with van der Waals surface area (Å²) in [5, 5.41) is 22.4. The molecule has 174 valence electrons. The van der Waals surface area contributed by atoms with Crippen molar-refractivity contribution in [3.8, 4) is 0 Å². The number of aliphatic hydroxyl groups excluding tert-OH is 1. The molecule has 2 aliphatic rings. The molecule has 2 saturated heterocycles. The average Bonchev–Trinajstić information content (AvgIpc) is 3.19. The van der Waals surface area contributed by atoms with E-state index < -0.39 is 23.8 Å². The van der Waals surface area contributed by atoms with Gasteiger partial charge in [-0.1, -0.05) is 18.2 Å². The van der Waals surface area contributed by atoms with Gasteiger partial charge in [-0.05, 0) is 38.0 Å². The number of halogens is 3. The lowest BCUT2D eigenvalue weighted by Crippen LogP contribution is -2.52. The van der Waals surface area contributed by atoms with Crippen LogP contribution < -0.4 is 10.2 Å². The quantitative estimate of drug-likeness (QED) is 0.589. The van der Waals surface area contributed by atoms with Crippen LogP contribution in [0.25, 0.3) is 10.9 Å². The van der Waals surface area contributed by atoms with Crippen LogP contribution in [0.5, 0.6) is 0 Å². The normalized spacial score (nSPS) is 22.1. The van der Waals surface area contributed by atoms with Gasteiger partial charge in [0.25, 0.3) is 6.43 Å². The van der Waals surface area contributed by atoms with Crippen molar-refractivity contribution in [1.82, 2.24) is 15.1 Å². The molecule has 3 atom stereocenters. The summed E-state index contributed by atoms with van der Waals surface area (Å²) < 4.78 is 40.9. The molecule has 3 heterocycles. The molecular weight excluding hydrogens is 431 g/mol. The molecule has 0 radical (unpaired) electrons. The summed E-state index contributed by atoms with van der Waals surface area (Å²) in [5.74, 6) is -0.892. The van der Waals surface area contributed by atoms with Crippen molar-refractivity contribution in [1.29, 1.82) is 0 Å². The molecule has 2 aliphatic heterocycles. The number of benzene rings is 2. The topological polar surface area (TPSA) is 64.5 Å². The maximum Gasteiger partial charge on any atom is 0.266 e. The van der Waals surface area contributed by atoms with Gasteiger partial charge < -0.3 is 15.3 Å². The Bertz CT molecular complexity index is 1160. The first-order valence-corrected chi connectivity index (χ1v) is 11.2. The molecule has 9 heteroatoms. The number of piperazine rings is 1. The minimum atomic E-state index is -2.87. The Hall–Kier alpha value is -2.91. The second-order valence-corrected chi connectivity index (χ2v) is 8.77. The average molecular weight is 458 g/mol. The van der Waals surface area contributed by atoms with E-state index in [4.69, 9.17) is 0 Å². The second kappa shape index (κ2) is 8.79. The molecule has 3 aromatic rings. The van der Waals surface area contributed by atoms with Crippen LogP contribution in [0.15, 0.2) is 42.6 Å². The number of anilines is 2. The number of alkyl halides is 2. The number of rotatable bonds is 5. The Kier molecular flexibility index (Phi) is 5.84. The van der Waals surface area contributed by atoms with Gasteiger partial charge in [0.05, 0.1) is 29.0 Å². The third-order valence-corrected chi connectivity index (χ3v) is 6.79. The molecular formula is C24H26F3N5O. The Labute approximate surface area is 190 Å². The SMILES string of the molecule is C[C@@H](Nc1cnnc2ccc(N3CCN4C(O)CC[C@@H]4C3)cc12)c1cccc(C(F)F)c1F. The number of hydrogen-bond donors (Lipinski definition) is 2. The van der Waals surface area contributed by atoms with Crippen molar-refractivity contribution in [2.45, 2.75) is 44.5 Å². The predicted octanol–water partition coefficient (Wildman–Crippen LogP) is 4.48. The molecule has 1 aromatic heterocycles. The van der Waals surface area contributed by atoms with E-state index in [1.165, 1.54) is 12.1 Å². The highest BCUT2D eigenvalue weighted by Gasteiger charge is 2.36. The van der Waals surface area contributed by atoms with Crippen molar-refractivity contribution in [3.05, 3.63) is 59.5 Å². The van der Waals surface area contributed by atoms with Crippen LogP contribution in [-0.4, -0.2) is 52.1 Å². The molecule has 1 unspecified atom stereocenters. The van der Waals surface area contributed by atoms with Crippen molar-refractivity contribution in [2.75, 3.05) is 29.9 Å². The molecule has 0 saturated carbocycles. The minimum Gasteiger partial charge on any atom is -0.378 e. The molecule has 0 spiro atoms. The fraction of sp³-hybridized carbons (Fsp3) is 0.417. The largest absolute Gasteiger partial charge is 0.378 e. The summed E-state index contributed by atoms with van der Waals surface area (Å²) in [6, 6.07) is 9.79. The number of aromatic nitrogens is 2. The van der Waals surface area contributed by atoms with Gasteiger partial charge in [-0.3, -0.25) is 4.90 Å². The Morgan fingerprint density at radius 2 is 1.94 bits per heavy atom. The Balaban J connectivity index is 1.42. The van der Waals surface area contributed by atoms with E-state index in [0.717, 1.165) is 49.6 Å². The zero-order valence-electron chi connectivity index (χ0n) is 18.3. The van der Waals surface area contributed by atoms with E-state index in [1.54, 1.807) is 13.1 Å². The lowest BCUT2D eigenvalue weighted by molar-refractivity contribution is 0.0129. The Morgan fingerprint density at radius 3 is 2.76 bits per heavy atom. The molecule has 0 bridgehead atoms. The maximum absolute atomic E-state index is 14.7. The highest BCUT2D eigenvalue weighted by molar-refractivity contribution is 5.93. The summed E-state index contributed by atoms with van der Waals surface area (Å²) in [5.41, 5.74) is 1.96. The lowest BCUT2D eigenvalue weighted by Gasteiger charge is -2.40. The summed E-state index contributed by atoms with van der Waals surface area (Å²) in [6.45, 7) is 4.18. The molecule has 33 heavy (non-hydrogen) atoms. The number of hydrogen-bond acceptors (Lipinski definition) is 6. The second-order valence-electron chi connectivity index (χ2n) is 8.77. The summed E-state index contributed by atoms with van der Waals surface area (Å²) in [7, 11) is 0. The van der Waals surface area contributed by atoms with Crippen molar-refractivity contribution >= 4 is 22.3 Å². The van der Waals surface area contributed by atoms with Crippen LogP contribution >= 0.6 is 0 Å². The molecule has 2 aromatic carbocycles. The molecule has 2 N–H and O–H groups in total. The summed E-state index contributed by atoms with van der Waals surface area (Å²) in [6.07, 6.45) is 0.142. The first-order chi connectivity index (χ1) is 15.9. The summed E-state index contributed by atoms with van der Waals surface area (Å²) in [4.78, 5) is 4.47. The highest BCUT2D eigenvalue weighted by atomic mass is 19.3. The zero-order valence-corrected chi connectivity index (χ0v) is 18.3. The standard InChI is InChI=1S/C24H26F3N5O/c1-14(17-3-2-4-18(23(17)25)24(26)27)29-21-12-28-30-20-7-5-15(11-19(20)21)31-9-10-32-16(13-31)6-8-22(32)33/h2-5,7,11-12,14,16,22,24,33H,6,8-10,13H2,1H3,(H,29,30)/t14-,16-,22?/m1/s1. The van der Waals surface area contributed by atoms with Crippen LogP contribution in [0.1, 0.15) is 43.4 Å². The van der Waals surface area contributed by atoms with Crippen LogP contribution in [-0.2, 0) is 0 Å². The number of nitrogens with one attached hydrogen (secondary N) is 1. The molecule has 5 rings (SSSR count). The van der Waals surface area contributed by atoms with Gasteiger partial charge in [0.15, 0.2) is 0 Å². The lowest BCUT2D eigenvalue weighted by atomic mass is 10.0. The van der Waals surface area contributed by atoms with Crippen LogP contribution in [0.3, 0.4) is 0 Å². The number of aliphatic hydroxyl groups is 1. The highest BCUT2D eigenvalue weighted by Crippen LogP contribution is 2.33. The van der Waals surface area contributed by atoms with Crippen LogP contribution in [0.2, 0.25) is 0 Å². The molecule has 0 amide bonds. The molecule has 0 aliphatic carbocycles. The van der Waals surface area contributed by atoms with Crippen molar-refractivity contribution in [2.24, 2.45) is 0 Å². The molecule has 6 nitrogen and oxygen atoms in total. The van der Waals surface area contributed by atoms with Gasteiger partial charge in [0, 0.05) is 42.3 Å². The number of nitrogens with zero attached hydrogens (tertiary/aromatic N) is 4. The third-order valence-electron chi connectivity index (χ3n) is 6.79. The van der Waals surface area contributed by atoms with E-state index in [9.17, 15) is 18.3 Å². The van der Waals surface area contributed by atoms with Gasteiger partial charge >= 0.3 is 0 Å². The maximum atomic E-state index is 14.7. The van der Waals surface area contributed by atoms with Gasteiger partial charge in [-0.25, -0.2) is 13.2 Å². The van der Waals surface area contributed by atoms with E-state index in [-0.39, 0.29) is 11.8 Å². The van der Waals surface area contributed by atoms with Gasteiger partial charge in [0.1, 0.15) is 12.0 Å².